The van der Waals surface area contributed by atoms with Crippen molar-refractivity contribution in [1.29, 1.82) is 5.26 Å². The molecule has 5 heteroatoms. The van der Waals surface area contributed by atoms with E-state index in [1.165, 1.54) is 0 Å². The first-order valence-corrected chi connectivity index (χ1v) is 7.47. The van der Waals surface area contributed by atoms with E-state index in [2.05, 4.69) is 11.4 Å². The number of anilines is 1. The smallest absolute Gasteiger partial charge is 0.244 e. The van der Waals surface area contributed by atoms with Gasteiger partial charge in [-0.15, -0.1) is 0 Å². The fraction of sp³-hybridized carbons (Fsp3) is 0.500. The highest BCUT2D eigenvalue weighted by molar-refractivity contribution is 6.33. The molecule has 0 aliphatic carbocycles. The van der Waals surface area contributed by atoms with E-state index in [0.29, 0.717) is 29.3 Å². The Labute approximate surface area is 131 Å². The van der Waals surface area contributed by atoms with Gasteiger partial charge in [0.05, 0.1) is 23.9 Å². The number of nitriles is 1. The van der Waals surface area contributed by atoms with Crippen LogP contribution in [0.1, 0.15) is 39.5 Å². The van der Waals surface area contributed by atoms with Crippen molar-refractivity contribution in [1.82, 2.24) is 0 Å². The van der Waals surface area contributed by atoms with Crippen LogP contribution < -0.4 is 10.1 Å². The van der Waals surface area contributed by atoms with Crippen molar-refractivity contribution in [3.05, 3.63) is 23.2 Å². The van der Waals surface area contributed by atoms with Gasteiger partial charge in [-0.1, -0.05) is 38.3 Å². The van der Waals surface area contributed by atoms with E-state index in [1.807, 2.05) is 13.8 Å². The third-order valence-electron chi connectivity index (χ3n) is 3.42. The number of carbonyl (C=O) groups is 1. The molecule has 21 heavy (non-hydrogen) atoms. The Morgan fingerprint density at radius 2 is 2.00 bits per heavy atom. The molecular formula is C16H21ClN2O2. The Hall–Kier alpha value is -1.73. The first kappa shape index (κ1) is 17.3. The molecule has 0 saturated heterocycles. The van der Waals surface area contributed by atoms with Gasteiger partial charge in [0.15, 0.2) is 0 Å². The van der Waals surface area contributed by atoms with E-state index in [-0.39, 0.29) is 5.91 Å². The van der Waals surface area contributed by atoms with Crippen LogP contribution in [0, 0.1) is 16.7 Å². The lowest BCUT2D eigenvalue weighted by molar-refractivity contribution is -0.123. The van der Waals surface area contributed by atoms with Crippen molar-refractivity contribution in [3.8, 4) is 11.8 Å². The first-order chi connectivity index (χ1) is 10.0. The van der Waals surface area contributed by atoms with Gasteiger partial charge in [-0.25, -0.2) is 0 Å². The van der Waals surface area contributed by atoms with Crippen LogP contribution >= 0.6 is 11.6 Å². The largest absolute Gasteiger partial charge is 0.497 e. The van der Waals surface area contributed by atoms with Crippen LogP contribution in [0.5, 0.6) is 5.75 Å². The molecular weight excluding hydrogens is 288 g/mol. The molecule has 0 saturated carbocycles. The summed E-state index contributed by atoms with van der Waals surface area (Å²) in [5.41, 5.74) is -0.538. The molecule has 0 radical (unpaired) electrons. The van der Waals surface area contributed by atoms with E-state index in [9.17, 15) is 10.1 Å². The maximum absolute atomic E-state index is 12.6. The Balaban J connectivity index is 3.04. The molecule has 0 aliphatic rings. The van der Waals surface area contributed by atoms with Gasteiger partial charge in [-0.2, -0.15) is 5.26 Å². The minimum atomic E-state index is -1.00. The van der Waals surface area contributed by atoms with Crippen LogP contribution in [-0.4, -0.2) is 13.0 Å². The average molecular weight is 309 g/mol. The predicted molar refractivity (Wildman–Crippen MR) is 84.5 cm³/mol. The molecule has 4 nitrogen and oxygen atoms in total. The highest BCUT2D eigenvalue weighted by Gasteiger charge is 2.37. The van der Waals surface area contributed by atoms with Crippen LogP contribution in [0.2, 0.25) is 5.02 Å². The zero-order valence-electron chi connectivity index (χ0n) is 12.7. The van der Waals surface area contributed by atoms with Crippen molar-refractivity contribution in [2.75, 3.05) is 12.4 Å². The van der Waals surface area contributed by atoms with Gasteiger partial charge >= 0.3 is 0 Å². The molecule has 1 aromatic rings. The average Bonchev–Trinajstić information content (AvgIpc) is 2.49. The number of amides is 1. The van der Waals surface area contributed by atoms with Gasteiger partial charge in [-0.3, -0.25) is 4.79 Å². The SMILES string of the molecule is CCCC(C#N)(CCC)C(=O)Nc1cc(OC)ccc1Cl. The number of halogens is 1. The number of hydrogen-bond donors (Lipinski definition) is 1. The zero-order chi connectivity index (χ0) is 15.9. The summed E-state index contributed by atoms with van der Waals surface area (Å²) in [6.07, 6.45) is 2.61. The van der Waals surface area contributed by atoms with E-state index in [1.54, 1.807) is 25.3 Å². The lowest BCUT2D eigenvalue weighted by atomic mass is 9.79. The molecule has 0 spiro atoms. The van der Waals surface area contributed by atoms with Gasteiger partial charge in [0.1, 0.15) is 11.2 Å². The van der Waals surface area contributed by atoms with Crippen LogP contribution in [0.15, 0.2) is 18.2 Å². The number of hydrogen-bond acceptors (Lipinski definition) is 3. The predicted octanol–water partition coefficient (Wildman–Crippen LogP) is 4.40. The highest BCUT2D eigenvalue weighted by atomic mass is 35.5. The maximum Gasteiger partial charge on any atom is 0.244 e. The van der Waals surface area contributed by atoms with Crippen LogP contribution in [0.4, 0.5) is 5.69 Å². The minimum absolute atomic E-state index is 0.302. The number of rotatable bonds is 7. The van der Waals surface area contributed by atoms with E-state index in [0.717, 1.165) is 12.8 Å². The first-order valence-electron chi connectivity index (χ1n) is 7.09. The molecule has 1 aromatic carbocycles. The summed E-state index contributed by atoms with van der Waals surface area (Å²) in [6, 6.07) is 7.22. The van der Waals surface area contributed by atoms with E-state index in [4.69, 9.17) is 16.3 Å². The van der Waals surface area contributed by atoms with E-state index < -0.39 is 5.41 Å². The number of nitrogens with zero attached hydrogens (tertiary/aromatic N) is 1. The Morgan fingerprint density at radius 3 is 2.48 bits per heavy atom. The number of methoxy groups -OCH3 is 1. The summed E-state index contributed by atoms with van der Waals surface area (Å²) in [7, 11) is 1.54. The summed E-state index contributed by atoms with van der Waals surface area (Å²) < 4.78 is 5.12. The molecule has 0 aliphatic heterocycles. The summed E-state index contributed by atoms with van der Waals surface area (Å²) in [4.78, 5) is 12.6. The Morgan fingerprint density at radius 1 is 1.38 bits per heavy atom. The van der Waals surface area contributed by atoms with Crippen LogP contribution in [0.25, 0.3) is 0 Å². The Bertz CT molecular complexity index is 532. The minimum Gasteiger partial charge on any atom is -0.497 e. The molecule has 1 amide bonds. The van der Waals surface area contributed by atoms with E-state index >= 15 is 0 Å². The highest BCUT2D eigenvalue weighted by Crippen LogP contribution is 2.33. The molecule has 0 fully saturated rings. The number of carbonyl (C=O) groups excluding carboxylic acids is 1. The van der Waals surface area contributed by atoms with Gasteiger partial charge in [0, 0.05) is 6.07 Å². The lowest BCUT2D eigenvalue weighted by Crippen LogP contribution is -2.35. The second kappa shape index (κ2) is 7.90. The zero-order valence-corrected chi connectivity index (χ0v) is 13.5. The van der Waals surface area contributed by atoms with Crippen molar-refractivity contribution < 1.29 is 9.53 Å². The second-order valence-electron chi connectivity index (χ2n) is 4.99. The number of ether oxygens (including phenoxy) is 1. The molecule has 0 aromatic heterocycles. The third-order valence-corrected chi connectivity index (χ3v) is 3.75. The normalized spacial score (nSPS) is 10.8. The maximum atomic E-state index is 12.6. The van der Waals surface area contributed by atoms with Crippen molar-refractivity contribution in [2.45, 2.75) is 39.5 Å². The lowest BCUT2D eigenvalue weighted by Gasteiger charge is -2.25. The second-order valence-corrected chi connectivity index (χ2v) is 5.40. The summed E-state index contributed by atoms with van der Waals surface area (Å²) in [5.74, 6) is 0.298. The molecule has 0 atom stereocenters. The molecule has 1 rings (SSSR count). The summed E-state index contributed by atoms with van der Waals surface area (Å²) >= 11 is 6.09. The van der Waals surface area contributed by atoms with Gasteiger partial charge in [0.2, 0.25) is 5.91 Å². The monoisotopic (exact) mass is 308 g/mol. The number of benzene rings is 1. The fourth-order valence-corrected chi connectivity index (χ4v) is 2.50. The quantitative estimate of drug-likeness (QED) is 0.812. The fourth-order valence-electron chi connectivity index (χ4n) is 2.34. The standard InChI is InChI=1S/C16H21ClN2O2/c1-4-8-16(11-18,9-5-2)15(20)19-14-10-12(21-3)6-7-13(14)17/h6-7,10H,4-5,8-9H2,1-3H3,(H,19,20). The van der Waals surface area contributed by atoms with Crippen LogP contribution in [0.3, 0.4) is 0 Å². The topological polar surface area (TPSA) is 62.1 Å². The Kier molecular flexibility index (Phi) is 6.51. The molecule has 0 unspecified atom stereocenters. The van der Waals surface area contributed by atoms with Crippen molar-refractivity contribution in [3.63, 3.8) is 0 Å². The molecule has 0 bridgehead atoms. The van der Waals surface area contributed by atoms with Crippen LogP contribution in [-0.2, 0) is 4.79 Å². The van der Waals surface area contributed by atoms with Crippen molar-refractivity contribution >= 4 is 23.2 Å². The van der Waals surface area contributed by atoms with Gasteiger partial charge in [0.25, 0.3) is 0 Å². The van der Waals surface area contributed by atoms with Gasteiger partial charge in [-0.05, 0) is 25.0 Å². The molecule has 114 valence electrons. The molecule has 1 N–H and O–H groups in total. The van der Waals surface area contributed by atoms with Gasteiger partial charge < -0.3 is 10.1 Å². The third kappa shape index (κ3) is 4.12. The van der Waals surface area contributed by atoms with Crippen molar-refractivity contribution in [2.24, 2.45) is 5.41 Å². The number of nitrogens with one attached hydrogen (secondary N) is 1. The molecule has 0 heterocycles. The summed E-state index contributed by atoms with van der Waals surface area (Å²) in [5, 5.41) is 12.7. The summed E-state index contributed by atoms with van der Waals surface area (Å²) in [6.45, 7) is 3.93.